The van der Waals surface area contributed by atoms with E-state index >= 15 is 0 Å². The van der Waals surface area contributed by atoms with Gasteiger partial charge in [-0.3, -0.25) is 14.3 Å². The van der Waals surface area contributed by atoms with Crippen molar-refractivity contribution in [2.24, 2.45) is 5.92 Å². The fourth-order valence-corrected chi connectivity index (χ4v) is 1.69. The lowest BCUT2D eigenvalue weighted by Gasteiger charge is -2.33. The van der Waals surface area contributed by atoms with Crippen LogP contribution in [0, 0.1) is 5.92 Å². The average Bonchev–Trinajstić information content (AvgIpc) is 2.75. The first-order chi connectivity index (χ1) is 8.78. The summed E-state index contributed by atoms with van der Waals surface area (Å²) in [5.41, 5.74) is -0.337. The Morgan fingerprint density at radius 3 is 2.58 bits per heavy atom. The molecule has 1 amide bonds. The Bertz CT molecular complexity index is 467. The minimum atomic E-state index is -0.930. The fourth-order valence-electron chi connectivity index (χ4n) is 1.69. The van der Waals surface area contributed by atoms with Crippen LogP contribution in [0.15, 0.2) is 12.4 Å². The molecule has 2 N–H and O–H groups in total. The molecule has 0 fully saturated rings. The summed E-state index contributed by atoms with van der Waals surface area (Å²) >= 11 is 0. The molecule has 6 nitrogen and oxygen atoms in total. The largest absolute Gasteiger partial charge is 0.481 e. The van der Waals surface area contributed by atoms with Gasteiger partial charge in [0.1, 0.15) is 0 Å². The van der Waals surface area contributed by atoms with E-state index in [1.807, 2.05) is 20.8 Å². The molecule has 1 atom stereocenters. The van der Waals surface area contributed by atoms with E-state index in [1.165, 1.54) is 6.20 Å². The number of rotatable bonds is 6. The quantitative estimate of drug-likeness (QED) is 0.818. The molecule has 106 valence electrons. The predicted octanol–water partition coefficient (Wildman–Crippen LogP) is 1.52. The Morgan fingerprint density at radius 2 is 2.16 bits per heavy atom. The molecule has 0 saturated carbocycles. The van der Waals surface area contributed by atoms with Gasteiger partial charge in [0, 0.05) is 12.7 Å². The van der Waals surface area contributed by atoms with Crippen LogP contribution < -0.4 is 5.32 Å². The van der Waals surface area contributed by atoms with Crippen LogP contribution in [0.2, 0.25) is 0 Å². The first kappa shape index (κ1) is 15.2. The summed E-state index contributed by atoms with van der Waals surface area (Å²) in [4.78, 5) is 23.0. The number of aliphatic carboxylic acids is 1. The minimum Gasteiger partial charge on any atom is -0.481 e. The zero-order valence-corrected chi connectivity index (χ0v) is 11.8. The highest BCUT2D eigenvalue weighted by Crippen LogP contribution is 2.21. The molecule has 0 radical (unpaired) electrons. The van der Waals surface area contributed by atoms with Crippen molar-refractivity contribution in [1.29, 1.82) is 0 Å². The Balaban J connectivity index is 2.84. The number of amides is 1. The van der Waals surface area contributed by atoms with Crippen molar-refractivity contribution in [3.8, 4) is 0 Å². The molecule has 0 saturated heterocycles. The summed E-state index contributed by atoms with van der Waals surface area (Å²) in [7, 11) is 0. The number of carboxylic acids is 1. The van der Waals surface area contributed by atoms with E-state index in [0.29, 0.717) is 12.1 Å². The standard InChI is InChI=1S/C13H21N3O3/c1-5-16-8-10(7-14-16)12(19)15-13(4,9(2)3)6-11(17)18/h7-9H,5-6H2,1-4H3,(H,15,19)(H,17,18). The topological polar surface area (TPSA) is 84.2 Å². The van der Waals surface area contributed by atoms with Crippen molar-refractivity contribution in [3.05, 3.63) is 18.0 Å². The predicted molar refractivity (Wildman–Crippen MR) is 70.9 cm³/mol. The van der Waals surface area contributed by atoms with E-state index in [1.54, 1.807) is 17.8 Å². The summed E-state index contributed by atoms with van der Waals surface area (Å²) < 4.78 is 1.65. The van der Waals surface area contributed by atoms with E-state index in [2.05, 4.69) is 10.4 Å². The van der Waals surface area contributed by atoms with Crippen LogP contribution in [-0.4, -0.2) is 32.3 Å². The number of nitrogens with zero attached hydrogens (tertiary/aromatic N) is 2. The molecule has 0 aliphatic heterocycles. The zero-order valence-electron chi connectivity index (χ0n) is 11.8. The minimum absolute atomic E-state index is 0.00812. The molecule has 0 aliphatic rings. The van der Waals surface area contributed by atoms with Gasteiger partial charge in [0.25, 0.3) is 5.91 Å². The lowest BCUT2D eigenvalue weighted by molar-refractivity contribution is -0.138. The number of hydrogen-bond acceptors (Lipinski definition) is 3. The Hall–Kier alpha value is -1.85. The second-order valence-corrected chi connectivity index (χ2v) is 5.18. The summed E-state index contributed by atoms with van der Waals surface area (Å²) in [5, 5.41) is 15.8. The Morgan fingerprint density at radius 1 is 1.53 bits per heavy atom. The Labute approximate surface area is 112 Å². The molecular weight excluding hydrogens is 246 g/mol. The van der Waals surface area contributed by atoms with Crippen LogP contribution in [0.3, 0.4) is 0 Å². The molecule has 0 bridgehead atoms. The van der Waals surface area contributed by atoms with Crippen LogP contribution >= 0.6 is 0 Å². The number of carboxylic acid groups (broad SMARTS) is 1. The van der Waals surface area contributed by atoms with Gasteiger partial charge in [-0.25, -0.2) is 0 Å². The van der Waals surface area contributed by atoms with Crippen LogP contribution in [0.5, 0.6) is 0 Å². The summed E-state index contributed by atoms with van der Waals surface area (Å²) in [6.07, 6.45) is 3.02. The number of carbonyl (C=O) groups excluding carboxylic acids is 1. The third kappa shape index (κ3) is 3.81. The van der Waals surface area contributed by atoms with Gasteiger partial charge in [-0.05, 0) is 19.8 Å². The lowest BCUT2D eigenvalue weighted by Crippen LogP contribution is -2.51. The average molecular weight is 267 g/mol. The maximum absolute atomic E-state index is 12.1. The molecule has 6 heteroatoms. The molecule has 0 aliphatic carbocycles. The van der Waals surface area contributed by atoms with Crippen LogP contribution in [0.25, 0.3) is 0 Å². The molecule has 0 aromatic carbocycles. The molecule has 1 aromatic rings. The molecule has 1 rings (SSSR count). The van der Waals surface area contributed by atoms with Crippen LogP contribution in [-0.2, 0) is 11.3 Å². The van der Waals surface area contributed by atoms with Gasteiger partial charge in [-0.2, -0.15) is 5.10 Å². The monoisotopic (exact) mass is 267 g/mol. The van der Waals surface area contributed by atoms with E-state index < -0.39 is 11.5 Å². The third-order valence-electron chi connectivity index (χ3n) is 3.41. The van der Waals surface area contributed by atoms with Gasteiger partial charge >= 0.3 is 5.97 Å². The number of aryl methyl sites for hydroxylation is 1. The highest BCUT2D eigenvalue weighted by molar-refractivity contribution is 5.94. The van der Waals surface area contributed by atoms with E-state index in [4.69, 9.17) is 5.11 Å². The Kier molecular flexibility index (Phi) is 4.69. The smallest absolute Gasteiger partial charge is 0.305 e. The van der Waals surface area contributed by atoms with E-state index in [-0.39, 0.29) is 18.2 Å². The van der Waals surface area contributed by atoms with Crippen molar-refractivity contribution in [1.82, 2.24) is 15.1 Å². The first-order valence-electron chi connectivity index (χ1n) is 6.35. The highest BCUT2D eigenvalue weighted by atomic mass is 16.4. The van der Waals surface area contributed by atoms with Crippen LogP contribution in [0.4, 0.5) is 0 Å². The van der Waals surface area contributed by atoms with Crippen molar-refractivity contribution >= 4 is 11.9 Å². The van der Waals surface area contributed by atoms with E-state index in [9.17, 15) is 9.59 Å². The van der Waals surface area contributed by atoms with Crippen LogP contribution in [0.1, 0.15) is 44.5 Å². The highest BCUT2D eigenvalue weighted by Gasteiger charge is 2.33. The van der Waals surface area contributed by atoms with Gasteiger partial charge in [0.05, 0.1) is 23.7 Å². The maximum Gasteiger partial charge on any atom is 0.305 e. The van der Waals surface area contributed by atoms with Crippen molar-refractivity contribution in [2.45, 2.75) is 46.2 Å². The van der Waals surface area contributed by atoms with Gasteiger partial charge < -0.3 is 10.4 Å². The second-order valence-electron chi connectivity index (χ2n) is 5.18. The number of aromatic nitrogens is 2. The molecule has 1 unspecified atom stereocenters. The zero-order chi connectivity index (χ0) is 14.6. The SMILES string of the molecule is CCn1cc(C(=O)NC(C)(CC(=O)O)C(C)C)cn1. The molecule has 19 heavy (non-hydrogen) atoms. The van der Waals surface area contributed by atoms with E-state index in [0.717, 1.165) is 0 Å². The molecule has 1 aromatic heterocycles. The van der Waals surface area contributed by atoms with Gasteiger partial charge in [0.15, 0.2) is 0 Å². The van der Waals surface area contributed by atoms with Crippen molar-refractivity contribution in [2.75, 3.05) is 0 Å². The van der Waals surface area contributed by atoms with Gasteiger partial charge in [-0.15, -0.1) is 0 Å². The molecule has 1 heterocycles. The number of hydrogen-bond donors (Lipinski definition) is 2. The normalized spacial score (nSPS) is 14.2. The maximum atomic E-state index is 12.1. The van der Waals surface area contributed by atoms with Crippen molar-refractivity contribution < 1.29 is 14.7 Å². The number of nitrogens with one attached hydrogen (secondary N) is 1. The first-order valence-corrected chi connectivity index (χ1v) is 6.35. The second kappa shape index (κ2) is 5.86. The van der Waals surface area contributed by atoms with Gasteiger partial charge in [0.2, 0.25) is 0 Å². The van der Waals surface area contributed by atoms with Crippen molar-refractivity contribution in [3.63, 3.8) is 0 Å². The summed E-state index contributed by atoms with van der Waals surface area (Å²) in [5.74, 6) is -1.22. The summed E-state index contributed by atoms with van der Waals surface area (Å²) in [6, 6.07) is 0. The fraction of sp³-hybridized carbons (Fsp3) is 0.615. The summed E-state index contributed by atoms with van der Waals surface area (Å²) in [6.45, 7) is 8.13. The van der Waals surface area contributed by atoms with Gasteiger partial charge in [-0.1, -0.05) is 13.8 Å². The lowest BCUT2D eigenvalue weighted by atomic mass is 9.85. The number of carbonyl (C=O) groups is 2. The third-order valence-corrected chi connectivity index (χ3v) is 3.41. The molecular formula is C13H21N3O3. The molecule has 0 spiro atoms.